The minimum absolute atomic E-state index is 0.160. The van der Waals surface area contributed by atoms with Crippen LogP contribution in [0.2, 0.25) is 0 Å². The number of anilines is 1. The molecule has 0 saturated heterocycles. The second kappa shape index (κ2) is 6.18. The van der Waals surface area contributed by atoms with E-state index in [4.69, 9.17) is 5.73 Å². The highest BCUT2D eigenvalue weighted by Crippen LogP contribution is 2.20. The van der Waals surface area contributed by atoms with E-state index in [0.717, 1.165) is 0 Å². The molecule has 2 aromatic rings. The molecule has 1 unspecified atom stereocenters. The molecule has 0 aliphatic heterocycles. The van der Waals surface area contributed by atoms with Gasteiger partial charge in [-0.3, -0.25) is 4.21 Å². The van der Waals surface area contributed by atoms with Crippen molar-refractivity contribution in [2.45, 2.75) is 30.4 Å². The molecule has 0 spiro atoms. The lowest BCUT2D eigenvalue weighted by Crippen LogP contribution is -2.00. The second-order valence-electron chi connectivity index (χ2n) is 5.06. The molecule has 1 atom stereocenters. The highest BCUT2D eigenvalue weighted by molar-refractivity contribution is 7.84. The van der Waals surface area contributed by atoms with Crippen LogP contribution >= 0.6 is 0 Å². The normalized spacial score (nSPS) is 12.6. The van der Waals surface area contributed by atoms with Crippen LogP contribution < -0.4 is 5.73 Å². The number of nitrogen functional groups attached to an aromatic ring is 1. The third kappa shape index (κ3) is 3.45. The molecular formula is C16H18FNOS. The van der Waals surface area contributed by atoms with Crippen molar-refractivity contribution in [3.63, 3.8) is 0 Å². The molecule has 20 heavy (non-hydrogen) atoms. The van der Waals surface area contributed by atoms with Crippen LogP contribution in [-0.2, 0) is 16.6 Å². The standard InChI is InChI=1S/C16H18FNOS/c1-11(2)12-4-7-15(8-5-12)20(19)10-13-3-6-14(18)9-16(13)17/h3-9,11H,10,18H2,1-2H3. The predicted octanol–water partition coefficient (Wildman–Crippen LogP) is 3.84. The summed E-state index contributed by atoms with van der Waals surface area (Å²) in [5, 5.41) is 0. The SMILES string of the molecule is CC(C)c1ccc(S(=O)Cc2ccc(N)cc2F)cc1. The van der Waals surface area contributed by atoms with Crippen molar-refractivity contribution >= 4 is 16.5 Å². The maximum Gasteiger partial charge on any atom is 0.129 e. The Morgan fingerprint density at radius 3 is 2.35 bits per heavy atom. The molecule has 2 rings (SSSR count). The van der Waals surface area contributed by atoms with E-state index in [-0.39, 0.29) is 5.75 Å². The van der Waals surface area contributed by atoms with E-state index in [0.29, 0.717) is 22.1 Å². The summed E-state index contributed by atoms with van der Waals surface area (Å²) >= 11 is 0. The zero-order chi connectivity index (χ0) is 14.7. The van der Waals surface area contributed by atoms with Crippen LogP contribution in [-0.4, -0.2) is 4.21 Å². The smallest absolute Gasteiger partial charge is 0.129 e. The van der Waals surface area contributed by atoms with E-state index < -0.39 is 16.6 Å². The summed E-state index contributed by atoms with van der Waals surface area (Å²) in [7, 11) is -1.25. The highest BCUT2D eigenvalue weighted by Gasteiger charge is 2.10. The molecule has 0 radical (unpaired) electrons. The molecule has 0 heterocycles. The number of hydrogen-bond donors (Lipinski definition) is 1. The van der Waals surface area contributed by atoms with Gasteiger partial charge >= 0.3 is 0 Å². The summed E-state index contributed by atoms with van der Waals surface area (Å²) in [5.74, 6) is 0.192. The molecule has 0 saturated carbocycles. The zero-order valence-corrected chi connectivity index (χ0v) is 12.4. The van der Waals surface area contributed by atoms with Crippen molar-refractivity contribution in [2.75, 3.05) is 5.73 Å². The van der Waals surface area contributed by atoms with Gasteiger partial charge in [0.05, 0.1) is 16.6 Å². The van der Waals surface area contributed by atoms with E-state index in [1.165, 1.54) is 11.6 Å². The second-order valence-corrected chi connectivity index (χ2v) is 6.52. The largest absolute Gasteiger partial charge is 0.399 e. The van der Waals surface area contributed by atoms with Crippen LogP contribution in [0.15, 0.2) is 47.4 Å². The van der Waals surface area contributed by atoms with Crippen LogP contribution in [0.5, 0.6) is 0 Å². The van der Waals surface area contributed by atoms with Gasteiger partial charge in [0.2, 0.25) is 0 Å². The number of halogens is 1. The fourth-order valence-electron chi connectivity index (χ4n) is 1.91. The minimum Gasteiger partial charge on any atom is -0.399 e. The first-order valence-electron chi connectivity index (χ1n) is 6.49. The third-order valence-corrected chi connectivity index (χ3v) is 4.54. The van der Waals surface area contributed by atoms with E-state index in [1.54, 1.807) is 12.1 Å². The fourth-order valence-corrected chi connectivity index (χ4v) is 3.03. The van der Waals surface area contributed by atoms with Gasteiger partial charge in [-0.2, -0.15) is 0 Å². The van der Waals surface area contributed by atoms with E-state index in [1.807, 2.05) is 24.3 Å². The summed E-state index contributed by atoms with van der Waals surface area (Å²) in [4.78, 5) is 0.714. The molecule has 0 aliphatic carbocycles. The first-order valence-corrected chi connectivity index (χ1v) is 7.81. The minimum atomic E-state index is -1.25. The number of nitrogens with two attached hydrogens (primary N) is 1. The Kier molecular flexibility index (Phi) is 4.55. The van der Waals surface area contributed by atoms with Gasteiger partial charge in [0.1, 0.15) is 5.82 Å². The number of hydrogen-bond acceptors (Lipinski definition) is 2. The van der Waals surface area contributed by atoms with Crippen LogP contribution in [0.3, 0.4) is 0 Å². The van der Waals surface area contributed by atoms with Gasteiger partial charge in [-0.05, 0) is 35.7 Å². The molecule has 0 fully saturated rings. The van der Waals surface area contributed by atoms with Gasteiger partial charge in [-0.1, -0.05) is 32.0 Å². The quantitative estimate of drug-likeness (QED) is 0.870. The van der Waals surface area contributed by atoms with Crippen LogP contribution in [0.25, 0.3) is 0 Å². The summed E-state index contributed by atoms with van der Waals surface area (Å²) in [5.41, 5.74) is 7.49. The average molecular weight is 291 g/mol. The number of rotatable bonds is 4. The van der Waals surface area contributed by atoms with E-state index in [2.05, 4.69) is 13.8 Å². The maximum atomic E-state index is 13.7. The van der Waals surface area contributed by atoms with Gasteiger partial charge in [-0.25, -0.2) is 4.39 Å². The van der Waals surface area contributed by atoms with Crippen LogP contribution in [0.1, 0.15) is 30.9 Å². The molecule has 0 bridgehead atoms. The average Bonchev–Trinajstić information content (AvgIpc) is 2.42. The molecule has 0 aromatic heterocycles. The maximum absolute atomic E-state index is 13.7. The first-order chi connectivity index (χ1) is 9.47. The Balaban J connectivity index is 2.15. The van der Waals surface area contributed by atoms with Crippen molar-refractivity contribution in [2.24, 2.45) is 0 Å². The first kappa shape index (κ1) is 14.7. The molecular weight excluding hydrogens is 273 g/mol. The fraction of sp³-hybridized carbons (Fsp3) is 0.250. The molecule has 2 N–H and O–H groups in total. The molecule has 106 valence electrons. The Labute approximate surface area is 121 Å². The lowest BCUT2D eigenvalue weighted by molar-refractivity contribution is 0.616. The zero-order valence-electron chi connectivity index (χ0n) is 11.6. The van der Waals surface area contributed by atoms with Crippen molar-refractivity contribution in [1.29, 1.82) is 0 Å². The Morgan fingerprint density at radius 2 is 1.80 bits per heavy atom. The molecule has 2 nitrogen and oxygen atoms in total. The van der Waals surface area contributed by atoms with Crippen molar-refractivity contribution < 1.29 is 8.60 Å². The molecule has 4 heteroatoms. The topological polar surface area (TPSA) is 43.1 Å². The highest BCUT2D eigenvalue weighted by atomic mass is 32.2. The van der Waals surface area contributed by atoms with Crippen LogP contribution in [0, 0.1) is 5.82 Å². The summed E-state index contributed by atoms with van der Waals surface area (Å²) < 4.78 is 25.9. The lowest BCUT2D eigenvalue weighted by Gasteiger charge is -2.08. The van der Waals surface area contributed by atoms with Gasteiger partial charge in [0, 0.05) is 16.1 Å². The lowest BCUT2D eigenvalue weighted by atomic mass is 10.0. The Morgan fingerprint density at radius 1 is 1.15 bits per heavy atom. The van der Waals surface area contributed by atoms with Crippen molar-refractivity contribution in [3.8, 4) is 0 Å². The van der Waals surface area contributed by atoms with E-state index in [9.17, 15) is 8.60 Å². The number of benzene rings is 2. The summed E-state index contributed by atoms with van der Waals surface area (Å²) in [6.45, 7) is 4.21. The molecule has 0 aliphatic rings. The third-order valence-electron chi connectivity index (χ3n) is 3.17. The van der Waals surface area contributed by atoms with Gasteiger partial charge in [-0.15, -0.1) is 0 Å². The molecule has 0 amide bonds. The van der Waals surface area contributed by atoms with Gasteiger partial charge < -0.3 is 5.73 Å². The Bertz CT molecular complexity index is 623. The van der Waals surface area contributed by atoms with Crippen LogP contribution in [0.4, 0.5) is 10.1 Å². The van der Waals surface area contributed by atoms with Gasteiger partial charge in [0.15, 0.2) is 0 Å². The molecule has 2 aromatic carbocycles. The monoisotopic (exact) mass is 291 g/mol. The van der Waals surface area contributed by atoms with Crippen molar-refractivity contribution in [3.05, 3.63) is 59.4 Å². The summed E-state index contributed by atoms with van der Waals surface area (Å²) in [6.07, 6.45) is 0. The van der Waals surface area contributed by atoms with Gasteiger partial charge in [0.25, 0.3) is 0 Å². The summed E-state index contributed by atoms with van der Waals surface area (Å²) in [6, 6.07) is 12.1. The van der Waals surface area contributed by atoms with E-state index >= 15 is 0 Å². The van der Waals surface area contributed by atoms with Crippen molar-refractivity contribution in [1.82, 2.24) is 0 Å². The predicted molar refractivity (Wildman–Crippen MR) is 81.5 cm³/mol. The Hall–Kier alpha value is -1.68.